The summed E-state index contributed by atoms with van der Waals surface area (Å²) < 4.78 is 5.72. The molecule has 1 aromatic heterocycles. The fourth-order valence-electron chi connectivity index (χ4n) is 4.51. The Morgan fingerprint density at radius 2 is 2.07 bits per heavy atom. The molecule has 5 nitrogen and oxygen atoms in total. The molecule has 1 saturated heterocycles. The summed E-state index contributed by atoms with van der Waals surface area (Å²) in [5.74, 6) is 0. The van der Waals surface area contributed by atoms with Crippen molar-refractivity contribution in [1.82, 2.24) is 15.2 Å². The predicted octanol–water partition coefficient (Wildman–Crippen LogP) is 3.89. The first kappa shape index (κ1) is 20.4. The van der Waals surface area contributed by atoms with Crippen molar-refractivity contribution in [2.24, 2.45) is 0 Å². The minimum Gasteiger partial charge on any atom is -0.376 e. The van der Waals surface area contributed by atoms with Gasteiger partial charge in [0.15, 0.2) is 5.11 Å². The van der Waals surface area contributed by atoms with Crippen LogP contribution in [-0.2, 0) is 17.7 Å². The zero-order valence-corrected chi connectivity index (χ0v) is 18.0. The molecule has 0 bridgehead atoms. The summed E-state index contributed by atoms with van der Waals surface area (Å²) >= 11 is 5.77. The van der Waals surface area contributed by atoms with E-state index in [-0.39, 0.29) is 11.7 Å². The zero-order valence-electron chi connectivity index (χ0n) is 17.2. The fourth-order valence-corrected chi connectivity index (χ4v) is 4.81. The van der Waals surface area contributed by atoms with Crippen molar-refractivity contribution in [1.29, 1.82) is 0 Å². The van der Waals surface area contributed by atoms with Gasteiger partial charge in [-0.1, -0.05) is 25.8 Å². The van der Waals surface area contributed by atoms with Gasteiger partial charge in [-0.25, -0.2) is 0 Å². The first-order chi connectivity index (χ1) is 14.1. The van der Waals surface area contributed by atoms with Gasteiger partial charge in [-0.2, -0.15) is 0 Å². The summed E-state index contributed by atoms with van der Waals surface area (Å²) in [5.41, 5.74) is 2.92. The number of pyridine rings is 1. The second-order valence-electron chi connectivity index (χ2n) is 8.29. The SMILES string of the molecule is CCc1ccc2[nH]c(=O)c(CN(C(=S)NCC3CCCO3)C3CCCC3)cc2c1. The molecule has 1 saturated carbocycles. The van der Waals surface area contributed by atoms with Gasteiger partial charge >= 0.3 is 0 Å². The van der Waals surface area contributed by atoms with Crippen molar-refractivity contribution < 1.29 is 4.74 Å². The molecule has 2 N–H and O–H groups in total. The van der Waals surface area contributed by atoms with E-state index in [4.69, 9.17) is 17.0 Å². The van der Waals surface area contributed by atoms with Gasteiger partial charge in [0.2, 0.25) is 0 Å². The third-order valence-electron chi connectivity index (χ3n) is 6.27. The monoisotopic (exact) mass is 413 g/mol. The minimum atomic E-state index is -0.0216. The van der Waals surface area contributed by atoms with Gasteiger partial charge < -0.3 is 19.9 Å². The van der Waals surface area contributed by atoms with Gasteiger partial charge in [-0.15, -0.1) is 0 Å². The number of nitrogens with zero attached hydrogens (tertiary/aromatic N) is 1. The number of aryl methyl sites for hydroxylation is 1. The van der Waals surface area contributed by atoms with E-state index in [0.717, 1.165) is 66.8 Å². The summed E-state index contributed by atoms with van der Waals surface area (Å²) in [6.07, 6.45) is 8.15. The van der Waals surface area contributed by atoms with Gasteiger partial charge in [-0.3, -0.25) is 4.79 Å². The van der Waals surface area contributed by atoms with Crippen molar-refractivity contribution in [3.63, 3.8) is 0 Å². The van der Waals surface area contributed by atoms with E-state index in [2.05, 4.69) is 34.3 Å². The Labute approximate surface area is 177 Å². The predicted molar refractivity (Wildman–Crippen MR) is 121 cm³/mol. The van der Waals surface area contributed by atoms with Crippen LogP contribution in [0.25, 0.3) is 10.9 Å². The van der Waals surface area contributed by atoms with Crippen molar-refractivity contribution in [2.75, 3.05) is 13.2 Å². The number of rotatable bonds is 6. The number of ether oxygens (including phenoxy) is 1. The second-order valence-corrected chi connectivity index (χ2v) is 8.67. The molecule has 0 spiro atoms. The Balaban J connectivity index is 1.55. The summed E-state index contributed by atoms with van der Waals surface area (Å²) in [6, 6.07) is 8.69. The first-order valence-corrected chi connectivity index (χ1v) is 11.4. The highest BCUT2D eigenvalue weighted by molar-refractivity contribution is 7.80. The first-order valence-electron chi connectivity index (χ1n) is 10.9. The topological polar surface area (TPSA) is 57.4 Å². The lowest BCUT2D eigenvalue weighted by molar-refractivity contribution is 0.113. The molecule has 156 valence electrons. The lowest BCUT2D eigenvalue weighted by Gasteiger charge is -2.32. The van der Waals surface area contributed by atoms with E-state index in [0.29, 0.717) is 12.6 Å². The Bertz CT molecular complexity index is 914. The number of H-pyrrole nitrogens is 1. The molecule has 1 unspecified atom stereocenters. The normalized spacial score (nSPS) is 19.7. The van der Waals surface area contributed by atoms with Crippen molar-refractivity contribution >= 4 is 28.2 Å². The Hall–Kier alpha value is -1.92. The Morgan fingerprint density at radius 3 is 2.79 bits per heavy atom. The number of hydrogen-bond donors (Lipinski definition) is 2. The second kappa shape index (κ2) is 9.26. The highest BCUT2D eigenvalue weighted by Crippen LogP contribution is 2.25. The maximum absolute atomic E-state index is 12.8. The molecule has 2 aliphatic rings. The number of thiocarbonyl (C=S) groups is 1. The third-order valence-corrected chi connectivity index (χ3v) is 6.64. The molecule has 6 heteroatoms. The summed E-state index contributed by atoms with van der Waals surface area (Å²) in [4.78, 5) is 18.1. The number of hydrogen-bond acceptors (Lipinski definition) is 3. The van der Waals surface area contributed by atoms with Crippen LogP contribution in [0.1, 0.15) is 56.6 Å². The van der Waals surface area contributed by atoms with E-state index in [9.17, 15) is 4.79 Å². The van der Waals surface area contributed by atoms with Gasteiger partial charge in [0.1, 0.15) is 0 Å². The fraction of sp³-hybridized carbons (Fsp3) is 0.565. The number of aromatic amines is 1. The molecule has 2 aromatic rings. The molecule has 1 aromatic carbocycles. The molecule has 2 fully saturated rings. The van der Waals surface area contributed by atoms with Crippen molar-refractivity contribution in [3.05, 3.63) is 45.7 Å². The van der Waals surface area contributed by atoms with Gasteiger partial charge in [0, 0.05) is 30.3 Å². The minimum absolute atomic E-state index is 0.0216. The van der Waals surface area contributed by atoms with E-state index < -0.39 is 0 Å². The molecule has 1 aliphatic heterocycles. The smallest absolute Gasteiger partial charge is 0.253 e. The molecule has 29 heavy (non-hydrogen) atoms. The van der Waals surface area contributed by atoms with Crippen LogP contribution in [0.2, 0.25) is 0 Å². The third kappa shape index (κ3) is 4.81. The van der Waals surface area contributed by atoms with Crippen LogP contribution in [0.4, 0.5) is 0 Å². The van der Waals surface area contributed by atoms with Crippen LogP contribution < -0.4 is 10.9 Å². The van der Waals surface area contributed by atoms with Crippen LogP contribution in [0.5, 0.6) is 0 Å². The summed E-state index contributed by atoms with van der Waals surface area (Å²) in [7, 11) is 0. The van der Waals surface area contributed by atoms with E-state index >= 15 is 0 Å². The summed E-state index contributed by atoms with van der Waals surface area (Å²) in [6.45, 7) is 4.28. The number of nitrogens with one attached hydrogen (secondary N) is 2. The molecular weight excluding hydrogens is 382 g/mol. The summed E-state index contributed by atoms with van der Waals surface area (Å²) in [5, 5.41) is 5.25. The Morgan fingerprint density at radius 1 is 1.24 bits per heavy atom. The Kier molecular flexibility index (Phi) is 6.50. The van der Waals surface area contributed by atoms with Crippen LogP contribution in [-0.4, -0.2) is 40.3 Å². The molecule has 1 atom stereocenters. The molecule has 0 radical (unpaired) electrons. The highest BCUT2D eigenvalue weighted by Gasteiger charge is 2.26. The molecule has 4 rings (SSSR count). The zero-order chi connectivity index (χ0) is 20.2. The quantitative estimate of drug-likeness (QED) is 0.704. The van der Waals surface area contributed by atoms with Gasteiger partial charge in [0.25, 0.3) is 5.56 Å². The van der Waals surface area contributed by atoms with Crippen molar-refractivity contribution in [3.8, 4) is 0 Å². The standard InChI is InChI=1S/C23H31N3O2S/c1-2-16-9-10-21-17(12-16)13-18(22(27)25-21)15-26(19-6-3-4-7-19)23(29)24-14-20-8-5-11-28-20/h9-10,12-13,19-20H,2-8,11,14-15H2,1H3,(H,24,29)(H,25,27). The maximum Gasteiger partial charge on any atom is 0.253 e. The molecule has 1 aliphatic carbocycles. The van der Waals surface area contributed by atoms with E-state index in [1.165, 1.54) is 18.4 Å². The van der Waals surface area contributed by atoms with Gasteiger partial charge in [-0.05, 0) is 73.5 Å². The average molecular weight is 414 g/mol. The number of benzene rings is 1. The van der Waals surface area contributed by atoms with Crippen LogP contribution in [0.15, 0.2) is 29.1 Å². The maximum atomic E-state index is 12.8. The van der Waals surface area contributed by atoms with Gasteiger partial charge in [0.05, 0.1) is 12.6 Å². The van der Waals surface area contributed by atoms with Crippen LogP contribution >= 0.6 is 12.2 Å². The van der Waals surface area contributed by atoms with E-state index in [1.807, 2.05) is 12.1 Å². The average Bonchev–Trinajstić information content (AvgIpc) is 3.44. The lowest BCUT2D eigenvalue weighted by atomic mass is 10.1. The van der Waals surface area contributed by atoms with Crippen LogP contribution in [0.3, 0.4) is 0 Å². The molecule has 0 amide bonds. The highest BCUT2D eigenvalue weighted by atomic mass is 32.1. The number of aromatic nitrogens is 1. The van der Waals surface area contributed by atoms with Crippen molar-refractivity contribution in [2.45, 2.75) is 70.6 Å². The molecular formula is C23H31N3O2S. The molecule has 2 heterocycles. The number of fused-ring (bicyclic) bond motifs is 1. The van der Waals surface area contributed by atoms with E-state index in [1.54, 1.807) is 0 Å². The lowest BCUT2D eigenvalue weighted by Crippen LogP contribution is -2.47. The largest absolute Gasteiger partial charge is 0.376 e. The van der Waals surface area contributed by atoms with Crippen LogP contribution in [0, 0.1) is 0 Å².